The van der Waals surface area contributed by atoms with Crippen LogP contribution in [0.3, 0.4) is 0 Å². The van der Waals surface area contributed by atoms with Crippen LogP contribution in [-0.2, 0) is 0 Å². The largest absolute Gasteiger partial charge is 0.295 e. The van der Waals surface area contributed by atoms with E-state index in [1.807, 2.05) is 12.1 Å². The topological polar surface area (TPSA) is 52.9 Å². The summed E-state index contributed by atoms with van der Waals surface area (Å²) in [4.78, 5) is 16.2. The number of benzene rings is 7. The molecule has 0 spiro atoms. The molecule has 256 valence electrons. The molecule has 0 aliphatic carbocycles. The van der Waals surface area contributed by atoms with Crippen LogP contribution in [0.4, 0.5) is 0 Å². The molecule has 0 saturated heterocycles. The SMILES string of the molecule is c1ccc(-c2ccc(-n3c4ccccc4c4c5c(c6ccccc6n5-c5nc(-c6ccccc6)c6ccccc6n5)c5nc6ccccc6n5c43)cc2)cc1. The smallest absolute Gasteiger partial charge is 0.235 e. The molecule has 0 amide bonds. The summed E-state index contributed by atoms with van der Waals surface area (Å²) >= 11 is 0. The predicted octanol–water partition coefficient (Wildman–Crippen LogP) is 12.0. The molecule has 0 aliphatic rings. The molecule has 5 aromatic heterocycles. The lowest BCUT2D eigenvalue weighted by molar-refractivity contribution is 1.02. The van der Waals surface area contributed by atoms with E-state index in [-0.39, 0.29) is 0 Å². The standard InChI is InChI=1S/C49H30N6/c1-3-15-31(16-4-1)32-27-29-34(30-28-32)53-40-24-12-9-21-37(40)44-46-43(47-50-39-23-11-14-26-42(39)55(47)48(44)53)36-20-8-13-25-41(36)54(46)49-51-38-22-10-7-19-35(38)45(52-49)33-17-5-2-6-18-33/h1-30H. The molecule has 0 fully saturated rings. The van der Waals surface area contributed by atoms with E-state index in [0.29, 0.717) is 5.95 Å². The normalized spacial score (nSPS) is 12.0. The molecular weight excluding hydrogens is 673 g/mol. The molecule has 0 unspecified atom stereocenters. The highest BCUT2D eigenvalue weighted by molar-refractivity contribution is 6.29. The molecule has 7 aromatic carbocycles. The van der Waals surface area contributed by atoms with Gasteiger partial charge in [-0.15, -0.1) is 0 Å². The van der Waals surface area contributed by atoms with Crippen molar-refractivity contribution in [2.45, 2.75) is 0 Å². The van der Waals surface area contributed by atoms with Crippen LogP contribution in [0.2, 0.25) is 0 Å². The van der Waals surface area contributed by atoms with Crippen molar-refractivity contribution < 1.29 is 0 Å². The molecule has 0 bridgehead atoms. The van der Waals surface area contributed by atoms with Crippen molar-refractivity contribution in [3.05, 3.63) is 182 Å². The summed E-state index contributed by atoms with van der Waals surface area (Å²) in [5.41, 5.74) is 13.4. The Labute approximate surface area is 314 Å². The summed E-state index contributed by atoms with van der Waals surface area (Å²) in [7, 11) is 0. The molecule has 6 heteroatoms. The van der Waals surface area contributed by atoms with E-state index in [2.05, 4.69) is 183 Å². The van der Waals surface area contributed by atoms with Crippen LogP contribution in [-0.4, -0.2) is 28.5 Å². The van der Waals surface area contributed by atoms with E-state index in [0.717, 1.165) is 88.3 Å². The Morgan fingerprint density at radius 1 is 0.364 bits per heavy atom. The highest BCUT2D eigenvalue weighted by atomic mass is 15.2. The highest BCUT2D eigenvalue weighted by Gasteiger charge is 2.27. The molecule has 6 nitrogen and oxygen atoms in total. The summed E-state index contributed by atoms with van der Waals surface area (Å²) in [6.45, 7) is 0. The van der Waals surface area contributed by atoms with Crippen molar-refractivity contribution in [2.75, 3.05) is 0 Å². The third kappa shape index (κ3) is 4.27. The number of nitrogens with zero attached hydrogens (tertiary/aromatic N) is 6. The van der Waals surface area contributed by atoms with Crippen molar-refractivity contribution in [1.82, 2.24) is 28.5 Å². The molecule has 12 rings (SSSR count). The second-order valence-electron chi connectivity index (χ2n) is 14.1. The molecule has 0 atom stereocenters. The van der Waals surface area contributed by atoms with Crippen LogP contribution in [0.25, 0.3) is 105 Å². The van der Waals surface area contributed by atoms with E-state index in [1.54, 1.807) is 0 Å². The van der Waals surface area contributed by atoms with Gasteiger partial charge in [0.05, 0.1) is 49.6 Å². The van der Waals surface area contributed by atoms with Gasteiger partial charge in [0.25, 0.3) is 0 Å². The molecule has 5 heterocycles. The third-order valence-electron chi connectivity index (χ3n) is 11.0. The number of rotatable bonds is 4. The number of pyridine rings is 1. The van der Waals surface area contributed by atoms with Gasteiger partial charge in [0.1, 0.15) is 11.3 Å². The van der Waals surface area contributed by atoms with E-state index >= 15 is 0 Å². The minimum Gasteiger partial charge on any atom is -0.295 e. The van der Waals surface area contributed by atoms with E-state index < -0.39 is 0 Å². The zero-order valence-corrected chi connectivity index (χ0v) is 29.5. The molecule has 0 N–H and O–H groups in total. The van der Waals surface area contributed by atoms with Crippen LogP contribution >= 0.6 is 0 Å². The minimum absolute atomic E-state index is 0.620. The first-order valence-corrected chi connectivity index (χ1v) is 18.6. The summed E-state index contributed by atoms with van der Waals surface area (Å²) < 4.78 is 7.05. The van der Waals surface area contributed by atoms with Crippen LogP contribution in [0, 0.1) is 0 Å². The first-order chi connectivity index (χ1) is 27.3. The average molecular weight is 703 g/mol. The number of aromatic nitrogens is 6. The Hall–Kier alpha value is -7.57. The second-order valence-corrected chi connectivity index (χ2v) is 14.1. The van der Waals surface area contributed by atoms with Crippen molar-refractivity contribution >= 4 is 71.3 Å². The quantitative estimate of drug-likeness (QED) is 0.183. The van der Waals surface area contributed by atoms with Gasteiger partial charge in [-0.3, -0.25) is 13.5 Å². The number of imidazole rings is 1. The molecular formula is C49H30N6. The Bertz CT molecular complexity index is 3470. The molecule has 55 heavy (non-hydrogen) atoms. The Balaban J connectivity index is 1.29. The average Bonchev–Trinajstić information content (AvgIpc) is 3.92. The molecule has 12 aromatic rings. The monoisotopic (exact) mass is 702 g/mol. The van der Waals surface area contributed by atoms with Crippen LogP contribution in [0.1, 0.15) is 0 Å². The third-order valence-corrected chi connectivity index (χ3v) is 11.0. The maximum atomic E-state index is 5.44. The first-order valence-electron chi connectivity index (χ1n) is 18.6. The Morgan fingerprint density at radius 3 is 1.64 bits per heavy atom. The van der Waals surface area contributed by atoms with Gasteiger partial charge in [0.2, 0.25) is 5.95 Å². The van der Waals surface area contributed by atoms with Crippen molar-refractivity contribution in [2.24, 2.45) is 0 Å². The van der Waals surface area contributed by atoms with Crippen molar-refractivity contribution in [3.8, 4) is 34.0 Å². The summed E-state index contributed by atoms with van der Waals surface area (Å²) in [6, 6.07) is 64.0. The van der Waals surface area contributed by atoms with Gasteiger partial charge in [-0.05, 0) is 53.6 Å². The fourth-order valence-electron chi connectivity index (χ4n) is 8.67. The zero-order chi connectivity index (χ0) is 36.0. The van der Waals surface area contributed by atoms with Gasteiger partial charge in [0.15, 0.2) is 0 Å². The minimum atomic E-state index is 0.620. The lowest BCUT2D eigenvalue weighted by atomic mass is 10.1. The molecule has 0 radical (unpaired) electrons. The first kappa shape index (κ1) is 29.9. The summed E-state index contributed by atoms with van der Waals surface area (Å²) in [6.07, 6.45) is 0. The number of fused-ring (bicyclic) bond motifs is 13. The Kier molecular flexibility index (Phi) is 6.24. The maximum absolute atomic E-state index is 5.44. The van der Waals surface area contributed by atoms with Crippen molar-refractivity contribution in [1.29, 1.82) is 0 Å². The van der Waals surface area contributed by atoms with Gasteiger partial charge >= 0.3 is 0 Å². The van der Waals surface area contributed by atoms with Gasteiger partial charge in [-0.2, -0.15) is 0 Å². The summed E-state index contributed by atoms with van der Waals surface area (Å²) in [5, 5.41) is 5.44. The number of hydrogen-bond acceptors (Lipinski definition) is 3. The van der Waals surface area contributed by atoms with Gasteiger partial charge in [-0.25, -0.2) is 15.0 Å². The van der Waals surface area contributed by atoms with Crippen LogP contribution in [0.15, 0.2) is 182 Å². The van der Waals surface area contributed by atoms with Crippen LogP contribution in [0.5, 0.6) is 0 Å². The fraction of sp³-hybridized carbons (Fsp3) is 0. The van der Waals surface area contributed by atoms with Gasteiger partial charge < -0.3 is 0 Å². The summed E-state index contributed by atoms with van der Waals surface area (Å²) in [5.74, 6) is 0.620. The lowest BCUT2D eigenvalue weighted by Crippen LogP contribution is -2.04. The fourth-order valence-corrected chi connectivity index (χ4v) is 8.67. The van der Waals surface area contributed by atoms with E-state index in [1.165, 1.54) is 11.1 Å². The zero-order valence-electron chi connectivity index (χ0n) is 29.5. The van der Waals surface area contributed by atoms with Gasteiger partial charge in [0, 0.05) is 27.4 Å². The number of para-hydroxylation sites is 5. The second kappa shape index (κ2) is 11.5. The van der Waals surface area contributed by atoms with Crippen LogP contribution < -0.4 is 0 Å². The van der Waals surface area contributed by atoms with E-state index in [9.17, 15) is 0 Å². The highest BCUT2D eigenvalue weighted by Crippen LogP contribution is 2.45. The lowest BCUT2D eigenvalue weighted by Gasteiger charge is -2.13. The number of hydrogen-bond donors (Lipinski definition) is 0. The Morgan fingerprint density at radius 2 is 0.909 bits per heavy atom. The van der Waals surface area contributed by atoms with E-state index in [4.69, 9.17) is 15.0 Å². The maximum Gasteiger partial charge on any atom is 0.235 e. The molecule has 0 aliphatic heterocycles. The molecule has 0 saturated carbocycles. The van der Waals surface area contributed by atoms with Gasteiger partial charge in [-0.1, -0.05) is 140 Å². The van der Waals surface area contributed by atoms with Crippen molar-refractivity contribution in [3.63, 3.8) is 0 Å². The predicted molar refractivity (Wildman–Crippen MR) is 225 cm³/mol.